The smallest absolute Gasteiger partial charge is 0.225 e. The van der Waals surface area contributed by atoms with Gasteiger partial charge >= 0.3 is 0 Å². The number of anilines is 1. The maximum atomic E-state index is 12.8. The number of hydrogen-bond acceptors (Lipinski definition) is 4. The summed E-state index contributed by atoms with van der Waals surface area (Å²) in [7, 11) is 0. The lowest BCUT2D eigenvalue weighted by Gasteiger charge is -2.39. The van der Waals surface area contributed by atoms with E-state index in [9.17, 15) is 4.79 Å². The first-order chi connectivity index (χ1) is 11.1. The predicted molar refractivity (Wildman–Crippen MR) is 91.1 cm³/mol. The lowest BCUT2D eigenvalue weighted by Crippen LogP contribution is -2.52. The minimum absolute atomic E-state index is 0.0187. The van der Waals surface area contributed by atoms with Gasteiger partial charge < -0.3 is 10.2 Å². The van der Waals surface area contributed by atoms with Crippen LogP contribution in [0.15, 0.2) is 18.5 Å². The number of hydrogen-bond donors (Lipinski definition) is 1. The van der Waals surface area contributed by atoms with E-state index in [2.05, 4.69) is 34.0 Å². The van der Waals surface area contributed by atoms with Crippen LogP contribution in [0.5, 0.6) is 0 Å². The summed E-state index contributed by atoms with van der Waals surface area (Å²) >= 11 is 0. The third kappa shape index (κ3) is 4.01. The summed E-state index contributed by atoms with van der Waals surface area (Å²) in [4.78, 5) is 23.5. The van der Waals surface area contributed by atoms with Gasteiger partial charge in [-0.3, -0.25) is 4.79 Å². The zero-order valence-corrected chi connectivity index (χ0v) is 14.3. The van der Waals surface area contributed by atoms with Crippen molar-refractivity contribution in [3.8, 4) is 0 Å². The van der Waals surface area contributed by atoms with Crippen LogP contribution in [-0.2, 0) is 4.79 Å². The summed E-state index contributed by atoms with van der Waals surface area (Å²) < 4.78 is 0. The van der Waals surface area contributed by atoms with Gasteiger partial charge in [-0.05, 0) is 57.4 Å². The van der Waals surface area contributed by atoms with E-state index in [-0.39, 0.29) is 17.4 Å². The van der Waals surface area contributed by atoms with Crippen LogP contribution in [0.4, 0.5) is 5.95 Å². The van der Waals surface area contributed by atoms with Gasteiger partial charge in [-0.2, -0.15) is 0 Å². The van der Waals surface area contributed by atoms with E-state index in [0.29, 0.717) is 0 Å². The van der Waals surface area contributed by atoms with Gasteiger partial charge in [-0.1, -0.05) is 6.92 Å². The number of rotatable bonds is 3. The zero-order chi connectivity index (χ0) is 16.3. The normalized spacial score (nSPS) is 31.7. The summed E-state index contributed by atoms with van der Waals surface area (Å²) in [6.45, 7) is 6.17. The molecular weight excluding hydrogens is 288 g/mol. The van der Waals surface area contributed by atoms with Crippen LogP contribution in [0.1, 0.15) is 52.4 Å². The van der Waals surface area contributed by atoms with Crippen molar-refractivity contribution in [1.29, 1.82) is 0 Å². The van der Waals surface area contributed by atoms with Crippen LogP contribution in [-0.4, -0.2) is 34.5 Å². The molecule has 1 unspecified atom stereocenters. The number of carbonyl (C=O) groups is 1. The van der Waals surface area contributed by atoms with Crippen molar-refractivity contribution in [2.75, 3.05) is 18.0 Å². The first-order valence-electron chi connectivity index (χ1n) is 8.90. The van der Waals surface area contributed by atoms with Crippen molar-refractivity contribution >= 4 is 11.9 Å². The molecule has 23 heavy (non-hydrogen) atoms. The molecule has 1 N–H and O–H groups in total. The highest BCUT2D eigenvalue weighted by Crippen LogP contribution is 2.32. The van der Waals surface area contributed by atoms with E-state index < -0.39 is 0 Å². The molecule has 2 aliphatic rings. The van der Waals surface area contributed by atoms with Gasteiger partial charge in [-0.25, -0.2) is 9.97 Å². The molecule has 2 fully saturated rings. The average Bonchev–Trinajstić information content (AvgIpc) is 2.59. The van der Waals surface area contributed by atoms with E-state index in [1.165, 1.54) is 12.8 Å². The van der Waals surface area contributed by atoms with Gasteiger partial charge in [0.05, 0.1) is 5.92 Å². The molecule has 1 aromatic rings. The number of nitrogens with zero attached hydrogens (tertiary/aromatic N) is 3. The van der Waals surface area contributed by atoms with Crippen molar-refractivity contribution in [2.24, 2.45) is 11.8 Å². The van der Waals surface area contributed by atoms with E-state index >= 15 is 0 Å². The van der Waals surface area contributed by atoms with Gasteiger partial charge in [0, 0.05) is 31.0 Å². The van der Waals surface area contributed by atoms with E-state index in [1.807, 2.05) is 6.07 Å². The molecule has 1 amide bonds. The Morgan fingerprint density at radius 3 is 2.65 bits per heavy atom. The predicted octanol–water partition coefficient (Wildman–Crippen LogP) is 2.78. The summed E-state index contributed by atoms with van der Waals surface area (Å²) in [6.07, 6.45) is 10.1. The Morgan fingerprint density at radius 1 is 1.26 bits per heavy atom. The first-order valence-corrected chi connectivity index (χ1v) is 8.90. The van der Waals surface area contributed by atoms with Gasteiger partial charge in [-0.15, -0.1) is 0 Å². The summed E-state index contributed by atoms with van der Waals surface area (Å²) in [5.74, 6) is 1.79. The molecule has 1 saturated heterocycles. The minimum Gasteiger partial charge on any atom is -0.351 e. The first kappa shape index (κ1) is 16.2. The Labute approximate surface area is 138 Å². The van der Waals surface area contributed by atoms with Crippen molar-refractivity contribution < 1.29 is 4.79 Å². The summed E-state index contributed by atoms with van der Waals surface area (Å²) in [5.41, 5.74) is -0.0187. The molecule has 0 aromatic carbocycles. The van der Waals surface area contributed by atoms with Gasteiger partial charge in [0.15, 0.2) is 0 Å². The molecule has 0 spiro atoms. The van der Waals surface area contributed by atoms with Crippen LogP contribution in [0, 0.1) is 11.8 Å². The number of piperidine rings is 1. The third-order valence-corrected chi connectivity index (χ3v) is 5.43. The topological polar surface area (TPSA) is 58.1 Å². The average molecular weight is 316 g/mol. The molecule has 1 aliphatic heterocycles. The van der Waals surface area contributed by atoms with E-state index in [1.54, 1.807) is 12.4 Å². The molecule has 5 heteroatoms. The lowest BCUT2D eigenvalue weighted by molar-refractivity contribution is -0.127. The van der Waals surface area contributed by atoms with Crippen LogP contribution in [0.3, 0.4) is 0 Å². The minimum atomic E-state index is -0.0187. The maximum absolute atomic E-state index is 12.8. The van der Waals surface area contributed by atoms with Gasteiger partial charge in [0.2, 0.25) is 11.9 Å². The molecule has 2 heterocycles. The molecule has 0 bridgehead atoms. The molecule has 1 saturated carbocycles. The number of aromatic nitrogens is 2. The number of amides is 1. The van der Waals surface area contributed by atoms with Crippen LogP contribution in [0.2, 0.25) is 0 Å². The Kier molecular flexibility index (Phi) is 4.83. The largest absolute Gasteiger partial charge is 0.351 e. The van der Waals surface area contributed by atoms with Crippen LogP contribution < -0.4 is 10.2 Å². The Bertz CT molecular complexity index is 525. The Balaban J connectivity index is 1.59. The van der Waals surface area contributed by atoms with Crippen molar-refractivity contribution in [3.05, 3.63) is 18.5 Å². The second-order valence-corrected chi connectivity index (χ2v) is 7.57. The van der Waals surface area contributed by atoms with Gasteiger partial charge in [0.1, 0.15) is 0 Å². The summed E-state index contributed by atoms with van der Waals surface area (Å²) in [6, 6.07) is 1.82. The quantitative estimate of drug-likeness (QED) is 0.931. The molecular formula is C18H28N4O. The van der Waals surface area contributed by atoms with E-state index in [0.717, 1.165) is 50.6 Å². The molecule has 1 aliphatic carbocycles. The monoisotopic (exact) mass is 316 g/mol. The summed E-state index contributed by atoms with van der Waals surface area (Å²) in [5, 5.41) is 3.35. The van der Waals surface area contributed by atoms with E-state index in [4.69, 9.17) is 0 Å². The second-order valence-electron chi connectivity index (χ2n) is 7.57. The second kappa shape index (κ2) is 6.85. The van der Waals surface area contributed by atoms with Crippen molar-refractivity contribution in [2.45, 2.75) is 57.9 Å². The fourth-order valence-electron chi connectivity index (χ4n) is 3.75. The standard InChI is InChI=1S/C18H28N4O/c1-14-6-8-18(2,9-7-14)21-16(23)15-5-3-12-22(13-15)17-19-10-4-11-20-17/h4,10-11,14-15H,3,5-9,12-13H2,1-2H3,(H,21,23). The maximum Gasteiger partial charge on any atom is 0.225 e. The highest BCUT2D eigenvalue weighted by atomic mass is 16.2. The van der Waals surface area contributed by atoms with Crippen LogP contribution >= 0.6 is 0 Å². The molecule has 0 radical (unpaired) electrons. The highest BCUT2D eigenvalue weighted by molar-refractivity contribution is 5.80. The fraction of sp³-hybridized carbons (Fsp3) is 0.722. The van der Waals surface area contributed by atoms with Crippen molar-refractivity contribution in [1.82, 2.24) is 15.3 Å². The Hall–Kier alpha value is -1.65. The Morgan fingerprint density at radius 2 is 1.96 bits per heavy atom. The SMILES string of the molecule is CC1CCC(C)(NC(=O)C2CCCN(c3ncccn3)C2)CC1. The molecule has 1 aromatic heterocycles. The molecule has 126 valence electrons. The fourth-order valence-corrected chi connectivity index (χ4v) is 3.75. The molecule has 5 nitrogen and oxygen atoms in total. The third-order valence-electron chi connectivity index (χ3n) is 5.43. The lowest BCUT2D eigenvalue weighted by atomic mass is 9.78. The zero-order valence-electron chi connectivity index (χ0n) is 14.3. The van der Waals surface area contributed by atoms with Crippen LogP contribution in [0.25, 0.3) is 0 Å². The molecule has 1 atom stereocenters. The van der Waals surface area contributed by atoms with Gasteiger partial charge in [0.25, 0.3) is 0 Å². The van der Waals surface area contributed by atoms with Crippen molar-refractivity contribution in [3.63, 3.8) is 0 Å². The molecule has 3 rings (SSSR count). The number of carbonyl (C=O) groups excluding carboxylic acids is 1. The number of nitrogens with one attached hydrogen (secondary N) is 1. The highest BCUT2D eigenvalue weighted by Gasteiger charge is 2.34.